The minimum atomic E-state index is -2.06. The summed E-state index contributed by atoms with van der Waals surface area (Å²) in [6.07, 6.45) is 0. The van der Waals surface area contributed by atoms with Gasteiger partial charge in [-0.25, -0.2) is 4.67 Å². The van der Waals surface area contributed by atoms with Crippen LogP contribution in [0.1, 0.15) is 13.8 Å². The van der Waals surface area contributed by atoms with Crippen LogP contribution >= 0.6 is 6.49 Å². The molecule has 0 atom stereocenters. The lowest BCUT2D eigenvalue weighted by atomic mass is 10.0. The summed E-state index contributed by atoms with van der Waals surface area (Å²) < 4.78 is 2.32. The standard InChI is InChI=1S/C16H20N3PS/c1-3-19(4-2)20(21)17-15-11-7-5-9-13(15)14-10-6-8-12-16(14)18-20/h5-12H,3-4H2,1-2H3,(H2,17,18,21). The van der Waals surface area contributed by atoms with E-state index in [1.807, 2.05) is 0 Å². The zero-order valence-electron chi connectivity index (χ0n) is 12.3. The number of hydrogen-bond acceptors (Lipinski definition) is 1. The second-order valence-corrected chi connectivity index (χ2v) is 8.78. The Morgan fingerprint density at radius 3 is 1.71 bits per heavy atom. The first-order valence-electron chi connectivity index (χ1n) is 7.28. The number of rotatable bonds is 3. The summed E-state index contributed by atoms with van der Waals surface area (Å²) in [5, 5.41) is 7.25. The lowest BCUT2D eigenvalue weighted by Gasteiger charge is -2.34. The average molecular weight is 317 g/mol. The van der Waals surface area contributed by atoms with Gasteiger partial charge in [0, 0.05) is 35.6 Å². The van der Waals surface area contributed by atoms with Crippen LogP contribution in [0.2, 0.25) is 0 Å². The summed E-state index contributed by atoms with van der Waals surface area (Å²) in [6.45, 7) is 4.11. The number of nitrogens with zero attached hydrogens (tertiary/aromatic N) is 1. The molecule has 0 spiro atoms. The number of hydrogen-bond donors (Lipinski definition) is 2. The maximum absolute atomic E-state index is 6.03. The number of nitrogens with one attached hydrogen (secondary N) is 2. The van der Waals surface area contributed by atoms with Gasteiger partial charge in [-0.3, -0.25) is 0 Å². The largest absolute Gasteiger partial charge is 0.330 e. The third kappa shape index (κ3) is 2.59. The van der Waals surface area contributed by atoms with Crippen molar-refractivity contribution in [3.63, 3.8) is 0 Å². The molecule has 0 aliphatic carbocycles. The van der Waals surface area contributed by atoms with Crippen molar-refractivity contribution in [2.24, 2.45) is 0 Å². The molecule has 2 aromatic carbocycles. The normalized spacial score (nSPS) is 15.4. The van der Waals surface area contributed by atoms with E-state index in [1.165, 1.54) is 11.1 Å². The molecule has 3 nitrogen and oxygen atoms in total. The van der Waals surface area contributed by atoms with Crippen LogP contribution in [-0.2, 0) is 11.8 Å². The summed E-state index contributed by atoms with van der Waals surface area (Å²) in [5.41, 5.74) is 4.65. The third-order valence-corrected chi connectivity index (χ3v) is 7.51. The molecule has 0 saturated heterocycles. The molecule has 5 heteroatoms. The Bertz CT molecular complexity index is 646. The quantitative estimate of drug-likeness (QED) is 0.798. The van der Waals surface area contributed by atoms with Gasteiger partial charge in [-0.15, -0.1) is 0 Å². The molecule has 0 unspecified atom stereocenters. The number of benzene rings is 2. The van der Waals surface area contributed by atoms with Gasteiger partial charge in [0.15, 0.2) is 6.49 Å². The first-order chi connectivity index (χ1) is 10.2. The molecule has 1 aliphatic rings. The topological polar surface area (TPSA) is 27.3 Å². The van der Waals surface area contributed by atoms with E-state index in [9.17, 15) is 0 Å². The molecular formula is C16H20N3PS. The summed E-state index contributed by atoms with van der Waals surface area (Å²) in [6, 6.07) is 16.8. The molecule has 0 bridgehead atoms. The molecule has 0 aromatic heterocycles. The Balaban J connectivity index is 2.19. The predicted molar refractivity (Wildman–Crippen MR) is 96.3 cm³/mol. The van der Waals surface area contributed by atoms with Gasteiger partial charge in [0.2, 0.25) is 0 Å². The SMILES string of the molecule is CCN(CC)P1(=S)Nc2ccccc2-c2ccccc2N1. The highest BCUT2D eigenvalue weighted by atomic mass is 32.4. The second kappa shape index (κ2) is 5.80. The van der Waals surface area contributed by atoms with Crippen LogP contribution in [0.4, 0.5) is 11.4 Å². The fourth-order valence-electron chi connectivity index (χ4n) is 2.75. The molecule has 0 fully saturated rings. The summed E-state index contributed by atoms with van der Waals surface area (Å²) in [5.74, 6) is 0. The van der Waals surface area contributed by atoms with Gasteiger partial charge in [0.25, 0.3) is 0 Å². The zero-order chi connectivity index (χ0) is 14.9. The number of para-hydroxylation sites is 2. The summed E-state index contributed by atoms with van der Waals surface area (Å²) >= 11 is 6.03. The highest BCUT2D eigenvalue weighted by molar-refractivity contribution is 8.14. The van der Waals surface area contributed by atoms with E-state index in [-0.39, 0.29) is 0 Å². The number of fused-ring (bicyclic) bond motifs is 3. The van der Waals surface area contributed by atoms with Crippen LogP contribution in [0.3, 0.4) is 0 Å². The van der Waals surface area contributed by atoms with E-state index in [0.29, 0.717) is 0 Å². The van der Waals surface area contributed by atoms with Gasteiger partial charge in [0.05, 0.1) is 0 Å². The second-order valence-electron chi connectivity index (χ2n) is 5.03. The molecule has 2 aromatic rings. The highest BCUT2D eigenvalue weighted by Gasteiger charge is 2.28. The van der Waals surface area contributed by atoms with E-state index in [0.717, 1.165) is 24.5 Å². The molecule has 0 amide bonds. The Morgan fingerprint density at radius 1 is 0.857 bits per heavy atom. The lowest BCUT2D eigenvalue weighted by Crippen LogP contribution is -2.27. The average Bonchev–Trinajstić information content (AvgIpc) is 2.62. The first-order valence-corrected chi connectivity index (χ1v) is 10.0. The van der Waals surface area contributed by atoms with Crippen molar-refractivity contribution >= 4 is 29.7 Å². The monoisotopic (exact) mass is 317 g/mol. The Hall–Kier alpha value is -1.35. The van der Waals surface area contributed by atoms with Gasteiger partial charge >= 0.3 is 0 Å². The molecule has 0 radical (unpaired) electrons. The summed E-state index contributed by atoms with van der Waals surface area (Å²) in [7, 11) is 0. The Kier molecular flexibility index (Phi) is 4.03. The minimum Gasteiger partial charge on any atom is -0.330 e. The zero-order valence-corrected chi connectivity index (χ0v) is 14.0. The first kappa shape index (κ1) is 14.6. The molecule has 1 heterocycles. The lowest BCUT2D eigenvalue weighted by molar-refractivity contribution is 0.509. The van der Waals surface area contributed by atoms with Gasteiger partial charge in [-0.1, -0.05) is 50.2 Å². The Labute approximate surface area is 131 Å². The van der Waals surface area contributed by atoms with Crippen LogP contribution in [0.25, 0.3) is 11.1 Å². The van der Waals surface area contributed by atoms with Crippen LogP contribution in [0, 0.1) is 0 Å². The smallest absolute Gasteiger partial charge is 0.189 e. The maximum atomic E-state index is 6.03. The molecule has 110 valence electrons. The van der Waals surface area contributed by atoms with Crippen LogP contribution in [0.15, 0.2) is 48.5 Å². The minimum absolute atomic E-state index is 0.929. The van der Waals surface area contributed by atoms with Gasteiger partial charge in [-0.05, 0) is 23.9 Å². The van der Waals surface area contributed by atoms with Crippen molar-refractivity contribution in [1.29, 1.82) is 0 Å². The van der Waals surface area contributed by atoms with Crippen molar-refractivity contribution in [1.82, 2.24) is 4.67 Å². The third-order valence-electron chi connectivity index (χ3n) is 3.82. The van der Waals surface area contributed by atoms with E-state index in [1.54, 1.807) is 0 Å². The predicted octanol–water partition coefficient (Wildman–Crippen LogP) is 4.76. The van der Waals surface area contributed by atoms with Crippen LogP contribution in [0.5, 0.6) is 0 Å². The molecule has 21 heavy (non-hydrogen) atoms. The van der Waals surface area contributed by atoms with Gasteiger partial charge in [0.1, 0.15) is 0 Å². The molecule has 2 N–H and O–H groups in total. The molecule has 0 saturated carbocycles. The van der Waals surface area contributed by atoms with Crippen molar-refractivity contribution in [2.45, 2.75) is 13.8 Å². The maximum Gasteiger partial charge on any atom is 0.189 e. The molecular weight excluding hydrogens is 297 g/mol. The van der Waals surface area contributed by atoms with Crippen molar-refractivity contribution in [3.05, 3.63) is 48.5 Å². The van der Waals surface area contributed by atoms with E-state index in [4.69, 9.17) is 11.8 Å². The van der Waals surface area contributed by atoms with E-state index in [2.05, 4.69) is 77.2 Å². The fraction of sp³-hybridized carbons (Fsp3) is 0.250. The van der Waals surface area contributed by atoms with E-state index >= 15 is 0 Å². The Morgan fingerprint density at radius 2 is 1.29 bits per heavy atom. The van der Waals surface area contributed by atoms with Crippen LogP contribution < -0.4 is 10.2 Å². The highest BCUT2D eigenvalue weighted by Crippen LogP contribution is 2.54. The summed E-state index contributed by atoms with van der Waals surface area (Å²) in [4.78, 5) is 0. The van der Waals surface area contributed by atoms with Crippen molar-refractivity contribution in [3.8, 4) is 11.1 Å². The van der Waals surface area contributed by atoms with Gasteiger partial charge in [-0.2, -0.15) is 0 Å². The van der Waals surface area contributed by atoms with Crippen molar-refractivity contribution in [2.75, 3.05) is 23.3 Å². The molecule has 3 rings (SSSR count). The molecule has 1 aliphatic heterocycles. The van der Waals surface area contributed by atoms with E-state index < -0.39 is 6.49 Å². The van der Waals surface area contributed by atoms with Crippen molar-refractivity contribution < 1.29 is 0 Å². The van der Waals surface area contributed by atoms with Crippen LogP contribution in [-0.4, -0.2) is 17.8 Å². The van der Waals surface area contributed by atoms with Gasteiger partial charge < -0.3 is 10.2 Å². The number of anilines is 2. The fourth-order valence-corrected chi connectivity index (χ4v) is 6.21.